The van der Waals surface area contributed by atoms with E-state index in [1.165, 1.54) is 12.4 Å². The molecule has 28 heavy (non-hydrogen) atoms. The number of aromatic nitrogens is 3. The fraction of sp³-hybridized carbons (Fsp3) is 0.474. The van der Waals surface area contributed by atoms with Crippen molar-refractivity contribution in [2.24, 2.45) is 10.9 Å². The summed E-state index contributed by atoms with van der Waals surface area (Å²) in [6.45, 7) is 1.44. The van der Waals surface area contributed by atoms with Crippen LogP contribution in [-0.4, -0.2) is 63.4 Å². The number of rotatable bonds is 6. The van der Waals surface area contributed by atoms with Gasteiger partial charge in [0.15, 0.2) is 6.10 Å². The molecule has 2 aliphatic rings. The molecule has 3 heterocycles. The Morgan fingerprint density at radius 2 is 2.14 bits per heavy atom. The van der Waals surface area contributed by atoms with Gasteiger partial charge in [0, 0.05) is 37.6 Å². The van der Waals surface area contributed by atoms with Crippen molar-refractivity contribution in [3.05, 3.63) is 28.8 Å². The van der Waals surface area contributed by atoms with Crippen LogP contribution in [0.4, 0.5) is 0 Å². The molecule has 0 bridgehead atoms. The summed E-state index contributed by atoms with van der Waals surface area (Å²) in [5, 5.41) is 7.99. The van der Waals surface area contributed by atoms with Gasteiger partial charge in [0.25, 0.3) is 11.6 Å². The molecule has 0 aromatic carbocycles. The predicted octanol–water partition coefficient (Wildman–Crippen LogP) is 1.19. The van der Waals surface area contributed by atoms with Crippen LogP contribution in [0.5, 0.6) is 6.01 Å². The molecule has 2 aromatic heterocycles. The molecule has 1 atom stereocenters. The number of carbonyl (C=O) groups excluding carboxylic acids is 1. The first-order valence-corrected chi connectivity index (χ1v) is 9.47. The molecule has 0 radical (unpaired) electrons. The number of piperidine rings is 1. The summed E-state index contributed by atoms with van der Waals surface area (Å²) in [7, 11) is 0. The van der Waals surface area contributed by atoms with Crippen molar-refractivity contribution in [3.63, 3.8) is 0 Å². The minimum Gasteiger partial charge on any atom is -0.450 e. The van der Waals surface area contributed by atoms with Gasteiger partial charge in [0.05, 0.1) is 23.1 Å². The quantitative estimate of drug-likeness (QED) is 0.726. The maximum Gasteiger partial charge on any atom is 0.298 e. The van der Waals surface area contributed by atoms with Gasteiger partial charge in [-0.05, 0) is 31.7 Å². The van der Waals surface area contributed by atoms with Gasteiger partial charge in [0.1, 0.15) is 0 Å². The van der Waals surface area contributed by atoms with Crippen LogP contribution in [0.15, 0.2) is 28.2 Å². The molecule has 2 fully saturated rings. The van der Waals surface area contributed by atoms with E-state index in [4.69, 9.17) is 10.1 Å². The molecule has 1 amide bonds. The van der Waals surface area contributed by atoms with Gasteiger partial charge in [-0.1, -0.05) is 0 Å². The van der Waals surface area contributed by atoms with E-state index in [0.717, 1.165) is 45.0 Å². The van der Waals surface area contributed by atoms with E-state index < -0.39 is 6.10 Å². The van der Waals surface area contributed by atoms with Crippen molar-refractivity contribution in [2.75, 3.05) is 13.1 Å². The van der Waals surface area contributed by atoms with Crippen LogP contribution in [0.2, 0.25) is 0 Å². The zero-order chi connectivity index (χ0) is 19.5. The maximum atomic E-state index is 12.1. The van der Waals surface area contributed by atoms with Gasteiger partial charge in [0.2, 0.25) is 5.91 Å². The Bertz CT molecular complexity index is 960. The largest absolute Gasteiger partial charge is 0.450 e. The normalized spacial score (nSPS) is 19.1. The fourth-order valence-corrected chi connectivity index (χ4v) is 3.29. The Balaban J connectivity index is 1.36. The summed E-state index contributed by atoms with van der Waals surface area (Å²) in [5.74, 6) is 0.534. The molecule has 2 aromatic rings. The number of nitrogens with zero attached hydrogens (tertiary/aromatic N) is 4. The molecule has 9 nitrogen and oxygen atoms in total. The third-order valence-corrected chi connectivity index (χ3v) is 5.05. The lowest BCUT2D eigenvalue weighted by atomic mass is 10.1. The summed E-state index contributed by atoms with van der Waals surface area (Å²) in [6.07, 6.45) is 8.59. The number of pyridine rings is 1. The van der Waals surface area contributed by atoms with Crippen molar-refractivity contribution in [1.29, 1.82) is 5.41 Å². The summed E-state index contributed by atoms with van der Waals surface area (Å²) in [6, 6.07) is 1.71. The molecule has 1 saturated heterocycles. The van der Waals surface area contributed by atoms with E-state index in [1.54, 1.807) is 12.3 Å². The summed E-state index contributed by atoms with van der Waals surface area (Å²) >= 11 is 0. The number of H-pyrrole nitrogens is 1. The molecule has 1 aliphatic heterocycles. The average Bonchev–Trinajstić information content (AvgIpc) is 3.56. The van der Waals surface area contributed by atoms with Gasteiger partial charge >= 0.3 is 0 Å². The van der Waals surface area contributed by atoms with Crippen molar-refractivity contribution in [3.8, 4) is 6.01 Å². The van der Waals surface area contributed by atoms with E-state index in [0.29, 0.717) is 10.9 Å². The molecule has 0 spiro atoms. The Kier molecular flexibility index (Phi) is 5.14. The average molecular weight is 382 g/mol. The summed E-state index contributed by atoms with van der Waals surface area (Å²) in [5.41, 5.74) is 0.102. The number of nitrogens with one attached hydrogen (secondary N) is 2. The Labute approximate surface area is 161 Å². The third kappa shape index (κ3) is 4.08. The van der Waals surface area contributed by atoms with Crippen LogP contribution >= 0.6 is 0 Å². The highest BCUT2D eigenvalue weighted by Gasteiger charge is 2.34. The summed E-state index contributed by atoms with van der Waals surface area (Å²) < 4.78 is 5.59. The van der Waals surface area contributed by atoms with Gasteiger partial charge < -0.3 is 15.0 Å². The highest BCUT2D eigenvalue weighted by atomic mass is 16.5. The van der Waals surface area contributed by atoms with Crippen molar-refractivity contribution >= 4 is 29.2 Å². The van der Waals surface area contributed by atoms with Crippen LogP contribution in [0, 0.1) is 11.3 Å². The smallest absolute Gasteiger partial charge is 0.298 e. The van der Waals surface area contributed by atoms with Gasteiger partial charge in [-0.3, -0.25) is 24.5 Å². The molecule has 4 rings (SSSR count). The monoisotopic (exact) mass is 382 g/mol. The third-order valence-electron chi connectivity index (χ3n) is 5.05. The second-order valence-electron chi connectivity index (χ2n) is 7.14. The van der Waals surface area contributed by atoms with Gasteiger partial charge in [-0.15, -0.1) is 0 Å². The highest BCUT2D eigenvalue weighted by Crippen LogP contribution is 2.32. The van der Waals surface area contributed by atoms with Crippen LogP contribution in [0.1, 0.15) is 25.7 Å². The Hall–Kier alpha value is -3.10. The van der Waals surface area contributed by atoms with Crippen LogP contribution in [-0.2, 0) is 4.79 Å². The topological polar surface area (TPSA) is 124 Å². The molecule has 146 valence electrons. The van der Waals surface area contributed by atoms with Gasteiger partial charge in [-0.2, -0.15) is 4.98 Å². The molecule has 1 saturated carbocycles. The lowest BCUT2D eigenvalue weighted by molar-refractivity contribution is -0.133. The standard InChI is InChI=1S/C19H22N6O3/c20-9-14(28-19-23-16-11-21-6-3-15(16)17(26)24-19)10-22-13-4-7-25(8-5-13)18(27)12-1-2-12/h3,6,9-14,20H,1-2,4-5,7-8H2,(H,23,24,26). The number of aliphatic imine (C=N–C) groups is 1. The number of hydrogen-bond donors (Lipinski definition) is 2. The van der Waals surface area contributed by atoms with Crippen molar-refractivity contribution in [2.45, 2.75) is 37.8 Å². The first-order chi connectivity index (χ1) is 13.6. The maximum absolute atomic E-state index is 12.1. The number of hydrogen-bond acceptors (Lipinski definition) is 7. The van der Waals surface area contributed by atoms with E-state index in [2.05, 4.69) is 19.9 Å². The molecule has 2 N–H and O–H groups in total. The number of amides is 1. The van der Waals surface area contributed by atoms with Crippen LogP contribution < -0.4 is 10.3 Å². The second kappa shape index (κ2) is 7.87. The van der Waals surface area contributed by atoms with Crippen LogP contribution in [0.3, 0.4) is 0 Å². The van der Waals surface area contributed by atoms with Crippen molar-refractivity contribution < 1.29 is 9.53 Å². The Morgan fingerprint density at radius 1 is 1.36 bits per heavy atom. The van der Waals surface area contributed by atoms with E-state index in [-0.39, 0.29) is 29.4 Å². The molecule has 9 heteroatoms. The molecular formula is C19H22N6O3. The lowest BCUT2D eigenvalue weighted by Gasteiger charge is -2.30. The predicted molar refractivity (Wildman–Crippen MR) is 104 cm³/mol. The fourth-order valence-electron chi connectivity index (χ4n) is 3.29. The highest BCUT2D eigenvalue weighted by molar-refractivity contribution is 5.86. The van der Waals surface area contributed by atoms with E-state index in [1.807, 2.05) is 4.90 Å². The van der Waals surface area contributed by atoms with Gasteiger partial charge in [-0.25, -0.2) is 0 Å². The first kappa shape index (κ1) is 18.3. The number of fused-ring (bicyclic) bond motifs is 1. The number of ether oxygens (including phenoxy) is 1. The molecular weight excluding hydrogens is 360 g/mol. The molecule has 1 aliphatic carbocycles. The lowest BCUT2D eigenvalue weighted by Crippen LogP contribution is -2.40. The zero-order valence-electron chi connectivity index (χ0n) is 15.4. The van der Waals surface area contributed by atoms with Crippen molar-refractivity contribution in [1.82, 2.24) is 19.9 Å². The number of aromatic amines is 1. The summed E-state index contributed by atoms with van der Waals surface area (Å²) in [4.78, 5) is 41.4. The SMILES string of the molecule is N=CC(C=NC1CCN(C(=O)C2CC2)CC1)Oc1nc2cnccc2c(=O)[nH]1. The number of likely N-dealkylation sites (tertiary alicyclic amines) is 1. The first-order valence-electron chi connectivity index (χ1n) is 9.47. The van der Waals surface area contributed by atoms with E-state index >= 15 is 0 Å². The minimum absolute atomic E-state index is 0.0234. The van der Waals surface area contributed by atoms with Crippen LogP contribution in [0.25, 0.3) is 10.9 Å². The number of carbonyl (C=O) groups is 1. The molecule has 1 unspecified atom stereocenters. The minimum atomic E-state index is -0.733. The second-order valence-corrected chi connectivity index (χ2v) is 7.14. The zero-order valence-corrected chi connectivity index (χ0v) is 15.4. The van der Waals surface area contributed by atoms with E-state index in [9.17, 15) is 9.59 Å². The Morgan fingerprint density at radius 3 is 2.86 bits per heavy atom.